The van der Waals surface area contributed by atoms with Crippen molar-refractivity contribution in [3.05, 3.63) is 54.1 Å². The molecule has 0 aromatic heterocycles. The van der Waals surface area contributed by atoms with Gasteiger partial charge in [-0.3, -0.25) is 4.79 Å². The molecule has 2 fully saturated rings. The number of benzene rings is 2. The van der Waals surface area contributed by atoms with Crippen LogP contribution in [0.4, 0.5) is 21.9 Å². The first kappa shape index (κ1) is 21.2. The smallest absolute Gasteiger partial charge is 0.323 e. The maximum Gasteiger partial charge on any atom is 0.323 e. The minimum Gasteiger partial charge on any atom is -0.371 e. The zero-order chi connectivity index (χ0) is 21.6. The number of piperidine rings is 2. The Morgan fingerprint density at radius 1 is 0.839 bits per heavy atom. The van der Waals surface area contributed by atoms with Crippen LogP contribution < -0.4 is 15.5 Å². The molecule has 0 atom stereocenters. The Morgan fingerprint density at radius 3 is 2.23 bits per heavy atom. The Bertz CT molecular complexity index is 901. The van der Waals surface area contributed by atoms with Crippen molar-refractivity contribution >= 4 is 29.0 Å². The number of nitrogens with zero attached hydrogens (tertiary/aromatic N) is 2. The van der Waals surface area contributed by atoms with Crippen LogP contribution in [0.1, 0.15) is 49.4 Å². The van der Waals surface area contributed by atoms with Gasteiger partial charge in [0, 0.05) is 43.2 Å². The molecule has 0 unspecified atom stereocenters. The van der Waals surface area contributed by atoms with E-state index in [2.05, 4.69) is 22.5 Å². The quantitative estimate of drug-likeness (QED) is 0.715. The van der Waals surface area contributed by atoms with Gasteiger partial charge in [0.25, 0.3) is 5.91 Å². The molecule has 2 aromatic rings. The standard InChI is InChI=1S/C25H32N4O2/c1-19-12-16-28(17-13-19)23-11-10-21(27-25(31)26-20-8-4-2-5-9-20)18-22(23)24(30)29-14-6-3-7-15-29/h2,4-5,8-11,18-19H,3,6-7,12-17H2,1H3,(H2,26,27,31). The van der Waals surface area contributed by atoms with Crippen LogP contribution in [0.3, 0.4) is 0 Å². The Hall–Kier alpha value is -3.02. The van der Waals surface area contributed by atoms with E-state index in [0.29, 0.717) is 11.3 Å². The lowest BCUT2D eigenvalue weighted by Crippen LogP contribution is -2.38. The molecule has 0 bridgehead atoms. The number of rotatable bonds is 4. The monoisotopic (exact) mass is 420 g/mol. The molecule has 0 spiro atoms. The predicted molar refractivity (Wildman–Crippen MR) is 126 cm³/mol. The molecule has 2 aliphatic rings. The highest BCUT2D eigenvalue weighted by Crippen LogP contribution is 2.30. The molecule has 2 aromatic carbocycles. The van der Waals surface area contributed by atoms with Crippen molar-refractivity contribution in [2.24, 2.45) is 5.92 Å². The number of carbonyl (C=O) groups is 2. The molecular weight excluding hydrogens is 388 g/mol. The van der Waals surface area contributed by atoms with Gasteiger partial charge in [-0.1, -0.05) is 25.1 Å². The van der Waals surface area contributed by atoms with E-state index in [-0.39, 0.29) is 11.9 Å². The lowest BCUT2D eigenvalue weighted by Gasteiger charge is -2.35. The molecule has 6 nitrogen and oxygen atoms in total. The highest BCUT2D eigenvalue weighted by molar-refractivity contribution is 6.04. The van der Waals surface area contributed by atoms with E-state index < -0.39 is 0 Å². The van der Waals surface area contributed by atoms with Gasteiger partial charge in [0.15, 0.2) is 0 Å². The van der Waals surface area contributed by atoms with Gasteiger partial charge in [-0.2, -0.15) is 0 Å². The Kier molecular flexibility index (Phi) is 6.75. The van der Waals surface area contributed by atoms with Crippen molar-refractivity contribution in [1.29, 1.82) is 0 Å². The maximum atomic E-state index is 13.4. The molecule has 31 heavy (non-hydrogen) atoms. The molecular formula is C25H32N4O2. The molecule has 0 radical (unpaired) electrons. The zero-order valence-corrected chi connectivity index (χ0v) is 18.3. The summed E-state index contributed by atoms with van der Waals surface area (Å²) in [6.45, 7) is 5.82. The first-order valence-corrected chi connectivity index (χ1v) is 11.4. The number of likely N-dealkylation sites (tertiary alicyclic amines) is 1. The lowest BCUT2D eigenvalue weighted by atomic mass is 9.97. The lowest BCUT2D eigenvalue weighted by molar-refractivity contribution is 0.0725. The van der Waals surface area contributed by atoms with E-state index >= 15 is 0 Å². The summed E-state index contributed by atoms with van der Waals surface area (Å²) in [6.07, 6.45) is 5.56. The largest absolute Gasteiger partial charge is 0.371 e. The van der Waals surface area contributed by atoms with Gasteiger partial charge in [0.2, 0.25) is 0 Å². The van der Waals surface area contributed by atoms with Crippen LogP contribution in [0.15, 0.2) is 48.5 Å². The summed E-state index contributed by atoms with van der Waals surface area (Å²) in [5, 5.41) is 5.72. The van der Waals surface area contributed by atoms with Gasteiger partial charge in [-0.25, -0.2) is 4.79 Å². The number of hydrogen-bond donors (Lipinski definition) is 2. The predicted octanol–water partition coefficient (Wildman–Crippen LogP) is 5.19. The minimum absolute atomic E-state index is 0.0699. The molecule has 4 rings (SSSR count). The topological polar surface area (TPSA) is 64.7 Å². The summed E-state index contributed by atoms with van der Waals surface area (Å²) >= 11 is 0. The first-order chi connectivity index (χ1) is 15.1. The first-order valence-electron chi connectivity index (χ1n) is 11.4. The van der Waals surface area contributed by atoms with Gasteiger partial charge in [-0.05, 0) is 68.4 Å². The fraction of sp³-hybridized carbons (Fsp3) is 0.440. The highest BCUT2D eigenvalue weighted by atomic mass is 16.2. The normalized spacial score (nSPS) is 17.3. The van der Waals surface area contributed by atoms with Crippen molar-refractivity contribution in [2.45, 2.75) is 39.0 Å². The Morgan fingerprint density at radius 2 is 1.52 bits per heavy atom. The van der Waals surface area contributed by atoms with Crippen LogP contribution in [0.25, 0.3) is 0 Å². The third-order valence-corrected chi connectivity index (χ3v) is 6.28. The summed E-state index contributed by atoms with van der Waals surface area (Å²) in [5.41, 5.74) is 3.03. The van der Waals surface area contributed by atoms with Crippen molar-refractivity contribution in [3.63, 3.8) is 0 Å². The van der Waals surface area contributed by atoms with Gasteiger partial charge in [-0.15, -0.1) is 0 Å². The summed E-state index contributed by atoms with van der Waals surface area (Å²) in [7, 11) is 0. The number of hydrogen-bond acceptors (Lipinski definition) is 3. The van der Waals surface area contributed by atoms with Crippen LogP contribution in [-0.2, 0) is 0 Å². The fourth-order valence-electron chi connectivity index (χ4n) is 4.39. The molecule has 2 heterocycles. The van der Waals surface area contributed by atoms with Crippen LogP contribution in [0.5, 0.6) is 0 Å². The van der Waals surface area contributed by atoms with Crippen molar-refractivity contribution in [3.8, 4) is 0 Å². The third kappa shape index (κ3) is 5.37. The molecule has 3 amide bonds. The van der Waals surface area contributed by atoms with E-state index in [9.17, 15) is 9.59 Å². The van der Waals surface area contributed by atoms with Crippen LogP contribution >= 0.6 is 0 Å². The van der Waals surface area contributed by atoms with E-state index in [0.717, 1.165) is 69.2 Å². The van der Waals surface area contributed by atoms with Crippen LogP contribution in [0, 0.1) is 5.92 Å². The zero-order valence-electron chi connectivity index (χ0n) is 18.3. The second kappa shape index (κ2) is 9.86. The maximum absolute atomic E-state index is 13.4. The summed E-state index contributed by atoms with van der Waals surface area (Å²) in [4.78, 5) is 30.2. The average molecular weight is 421 g/mol. The van der Waals surface area contributed by atoms with Crippen molar-refractivity contribution in [1.82, 2.24) is 4.90 Å². The second-order valence-electron chi connectivity index (χ2n) is 8.70. The van der Waals surface area contributed by atoms with Gasteiger partial charge in [0.1, 0.15) is 0 Å². The Balaban J connectivity index is 1.55. The molecule has 0 saturated carbocycles. The highest BCUT2D eigenvalue weighted by Gasteiger charge is 2.25. The summed E-state index contributed by atoms with van der Waals surface area (Å²) in [6, 6.07) is 14.7. The van der Waals surface area contributed by atoms with Crippen molar-refractivity contribution in [2.75, 3.05) is 41.7 Å². The number of nitrogens with one attached hydrogen (secondary N) is 2. The molecule has 2 saturated heterocycles. The SMILES string of the molecule is CC1CCN(c2ccc(NC(=O)Nc3ccccc3)cc2C(=O)N2CCCCC2)CC1. The third-order valence-electron chi connectivity index (χ3n) is 6.28. The number of urea groups is 1. The van der Waals surface area contributed by atoms with Gasteiger partial charge in [0.05, 0.1) is 5.56 Å². The fourth-order valence-corrected chi connectivity index (χ4v) is 4.39. The second-order valence-corrected chi connectivity index (χ2v) is 8.70. The number of anilines is 3. The van der Waals surface area contributed by atoms with Crippen LogP contribution in [-0.4, -0.2) is 43.0 Å². The van der Waals surface area contributed by atoms with E-state index in [1.54, 1.807) is 0 Å². The van der Waals surface area contributed by atoms with E-state index in [1.165, 1.54) is 6.42 Å². The van der Waals surface area contributed by atoms with E-state index in [4.69, 9.17) is 0 Å². The van der Waals surface area contributed by atoms with Gasteiger partial charge >= 0.3 is 6.03 Å². The number of amides is 3. The average Bonchev–Trinajstić information content (AvgIpc) is 2.80. The molecule has 164 valence electrons. The Labute approximate surface area is 184 Å². The van der Waals surface area contributed by atoms with Gasteiger partial charge < -0.3 is 20.4 Å². The number of para-hydroxylation sites is 1. The molecule has 6 heteroatoms. The number of carbonyl (C=O) groups excluding carboxylic acids is 2. The van der Waals surface area contributed by atoms with Crippen LogP contribution in [0.2, 0.25) is 0 Å². The minimum atomic E-state index is -0.317. The van der Waals surface area contributed by atoms with Crippen molar-refractivity contribution < 1.29 is 9.59 Å². The summed E-state index contributed by atoms with van der Waals surface area (Å²) < 4.78 is 0. The van der Waals surface area contributed by atoms with E-state index in [1.807, 2.05) is 53.4 Å². The molecule has 2 N–H and O–H groups in total. The summed E-state index contributed by atoms with van der Waals surface area (Å²) in [5.74, 6) is 0.792. The molecule has 2 aliphatic heterocycles. The molecule has 0 aliphatic carbocycles.